The minimum Gasteiger partial charge on any atom is -0.350 e. The van der Waals surface area contributed by atoms with Crippen LogP contribution in [0.25, 0.3) is 0 Å². The van der Waals surface area contributed by atoms with Gasteiger partial charge in [-0.3, -0.25) is 0 Å². The van der Waals surface area contributed by atoms with E-state index in [0.29, 0.717) is 0 Å². The zero-order valence-electron chi connectivity index (χ0n) is 9.55. The quantitative estimate of drug-likeness (QED) is 0.782. The van der Waals surface area contributed by atoms with E-state index < -0.39 is 37.1 Å². The van der Waals surface area contributed by atoms with Gasteiger partial charge in [0.2, 0.25) is 0 Å². The van der Waals surface area contributed by atoms with Gasteiger partial charge >= 0.3 is 24.8 Å². The summed E-state index contributed by atoms with van der Waals surface area (Å²) in [5.41, 5.74) is 0. The van der Waals surface area contributed by atoms with Crippen molar-refractivity contribution in [2.45, 2.75) is 44.0 Å². The molecule has 0 radical (unpaired) electrons. The van der Waals surface area contributed by atoms with Crippen molar-refractivity contribution >= 4 is 0 Å². The van der Waals surface area contributed by atoms with Gasteiger partial charge in [0.25, 0.3) is 12.3 Å². The minimum atomic E-state index is -5.94. The molecule has 0 aliphatic heterocycles. The van der Waals surface area contributed by atoms with E-state index in [4.69, 9.17) is 5.11 Å². The van der Waals surface area contributed by atoms with Crippen molar-refractivity contribution in [1.29, 1.82) is 0 Å². The first kappa shape index (κ1) is 22.4. The maximum absolute atomic E-state index is 12.0. The Bertz CT molecular complexity index is 304. The SMILES string of the molecule is CC(F)(OC(F)(F)F)C(F)F.OC(F)(C(F)F)C(F)(F)F. The molecule has 0 aliphatic carbocycles. The van der Waals surface area contributed by atoms with Gasteiger partial charge in [-0.1, -0.05) is 0 Å². The van der Waals surface area contributed by atoms with E-state index in [0.717, 1.165) is 0 Å². The van der Waals surface area contributed by atoms with E-state index in [1.807, 2.05) is 0 Å². The van der Waals surface area contributed by atoms with Crippen LogP contribution < -0.4 is 0 Å². The normalized spacial score (nSPS) is 18.9. The fourth-order valence-corrected chi connectivity index (χ4v) is 0.395. The van der Waals surface area contributed by atoms with Crippen molar-refractivity contribution in [2.75, 3.05) is 0 Å². The molecule has 0 amide bonds. The third-order valence-electron chi connectivity index (χ3n) is 1.39. The van der Waals surface area contributed by atoms with Crippen molar-refractivity contribution in [3.05, 3.63) is 0 Å². The molecular weight excluding hydrogens is 344 g/mol. The molecular formula is C7H6F12O2. The maximum atomic E-state index is 12.0. The molecule has 0 aromatic heterocycles. The van der Waals surface area contributed by atoms with Gasteiger partial charge in [-0.25, -0.2) is 26.7 Å². The summed E-state index contributed by atoms with van der Waals surface area (Å²) in [5.74, 6) is -9.37. The number of hydrogen-bond donors (Lipinski definition) is 1. The van der Waals surface area contributed by atoms with Gasteiger partial charge in [-0.15, -0.1) is 13.2 Å². The third kappa shape index (κ3) is 8.18. The van der Waals surface area contributed by atoms with Crippen LogP contribution in [0.1, 0.15) is 6.92 Å². The Kier molecular flexibility index (Phi) is 7.34. The highest BCUT2D eigenvalue weighted by Gasteiger charge is 2.62. The Morgan fingerprint density at radius 1 is 0.762 bits per heavy atom. The predicted molar refractivity (Wildman–Crippen MR) is 40.8 cm³/mol. The van der Waals surface area contributed by atoms with Crippen LogP contribution in [-0.2, 0) is 4.74 Å². The zero-order chi connectivity index (χ0) is 17.9. The lowest BCUT2D eigenvalue weighted by Crippen LogP contribution is -2.47. The Balaban J connectivity index is 0. The first-order valence-electron chi connectivity index (χ1n) is 4.34. The molecule has 2 nitrogen and oxygen atoms in total. The fourth-order valence-electron chi connectivity index (χ4n) is 0.395. The molecule has 0 aromatic rings. The first-order valence-corrected chi connectivity index (χ1v) is 4.34. The maximum Gasteiger partial charge on any atom is 0.525 e. The number of rotatable bonds is 3. The first-order chi connectivity index (χ1) is 8.84. The van der Waals surface area contributed by atoms with Gasteiger partial charge in [0.1, 0.15) is 0 Å². The number of halogens is 12. The summed E-state index contributed by atoms with van der Waals surface area (Å²) >= 11 is 0. The van der Waals surface area contributed by atoms with Crippen LogP contribution >= 0.6 is 0 Å². The lowest BCUT2D eigenvalue weighted by Gasteiger charge is -2.20. The fraction of sp³-hybridized carbons (Fsp3) is 1.00. The molecule has 0 fully saturated rings. The van der Waals surface area contributed by atoms with Crippen LogP contribution in [0.5, 0.6) is 0 Å². The van der Waals surface area contributed by atoms with Gasteiger partial charge in [0.05, 0.1) is 0 Å². The van der Waals surface area contributed by atoms with E-state index in [9.17, 15) is 52.7 Å². The smallest absolute Gasteiger partial charge is 0.350 e. The highest BCUT2D eigenvalue weighted by molar-refractivity contribution is 4.76. The summed E-state index contributed by atoms with van der Waals surface area (Å²) in [4.78, 5) is 0. The van der Waals surface area contributed by atoms with Gasteiger partial charge < -0.3 is 5.11 Å². The average molecular weight is 350 g/mol. The molecule has 0 spiro atoms. The van der Waals surface area contributed by atoms with Crippen LogP contribution in [0, 0.1) is 0 Å². The van der Waals surface area contributed by atoms with Gasteiger partial charge in [0, 0.05) is 6.92 Å². The summed E-state index contributed by atoms with van der Waals surface area (Å²) in [5, 5.41) is 7.39. The summed E-state index contributed by atoms with van der Waals surface area (Å²) in [7, 11) is 0. The molecule has 0 rings (SSSR count). The molecule has 1 N–H and O–H groups in total. The van der Waals surface area contributed by atoms with Crippen molar-refractivity contribution in [1.82, 2.24) is 0 Å². The van der Waals surface area contributed by atoms with E-state index in [-0.39, 0.29) is 6.92 Å². The monoisotopic (exact) mass is 350 g/mol. The van der Waals surface area contributed by atoms with Crippen molar-refractivity contribution in [3.8, 4) is 0 Å². The topological polar surface area (TPSA) is 29.5 Å². The molecule has 2 unspecified atom stereocenters. The zero-order valence-corrected chi connectivity index (χ0v) is 9.55. The highest BCUT2D eigenvalue weighted by atomic mass is 19.4. The lowest BCUT2D eigenvalue weighted by molar-refractivity contribution is -0.406. The Morgan fingerprint density at radius 3 is 1.14 bits per heavy atom. The average Bonchev–Trinajstić information content (AvgIpc) is 2.12. The third-order valence-corrected chi connectivity index (χ3v) is 1.39. The van der Waals surface area contributed by atoms with Gasteiger partial charge in [0.15, 0.2) is 0 Å². The molecule has 0 heterocycles. The molecule has 130 valence electrons. The number of ether oxygens (including phenoxy) is 1. The summed E-state index contributed by atoms with van der Waals surface area (Å²) < 4.78 is 137. The number of aliphatic hydroxyl groups is 1. The van der Waals surface area contributed by atoms with Crippen LogP contribution in [0.4, 0.5) is 52.7 Å². The largest absolute Gasteiger partial charge is 0.525 e. The van der Waals surface area contributed by atoms with Crippen molar-refractivity contribution < 1.29 is 62.5 Å². The lowest BCUT2D eigenvalue weighted by atomic mass is 10.3. The Morgan fingerprint density at radius 2 is 1.10 bits per heavy atom. The number of alkyl halides is 12. The van der Waals surface area contributed by atoms with Crippen LogP contribution in [0.2, 0.25) is 0 Å². The van der Waals surface area contributed by atoms with E-state index in [1.54, 1.807) is 0 Å². The second kappa shape index (κ2) is 6.89. The molecule has 21 heavy (non-hydrogen) atoms. The molecule has 0 aliphatic rings. The molecule has 0 saturated heterocycles. The van der Waals surface area contributed by atoms with Crippen LogP contribution in [0.15, 0.2) is 0 Å². The van der Waals surface area contributed by atoms with Crippen LogP contribution in [-0.4, -0.2) is 42.2 Å². The molecule has 0 saturated carbocycles. The molecule has 14 heteroatoms. The van der Waals surface area contributed by atoms with E-state index >= 15 is 0 Å². The highest BCUT2D eigenvalue weighted by Crippen LogP contribution is 2.36. The van der Waals surface area contributed by atoms with E-state index in [1.165, 1.54) is 0 Å². The summed E-state index contributed by atoms with van der Waals surface area (Å²) in [6, 6.07) is 0. The number of hydrogen-bond acceptors (Lipinski definition) is 2. The minimum absolute atomic E-state index is 0.00512. The van der Waals surface area contributed by atoms with Crippen molar-refractivity contribution in [2.24, 2.45) is 0 Å². The van der Waals surface area contributed by atoms with E-state index in [2.05, 4.69) is 4.74 Å². The second-order valence-corrected chi connectivity index (χ2v) is 3.31. The van der Waals surface area contributed by atoms with Crippen LogP contribution in [0.3, 0.4) is 0 Å². The van der Waals surface area contributed by atoms with Crippen molar-refractivity contribution in [3.63, 3.8) is 0 Å². The molecule has 0 bridgehead atoms. The summed E-state index contributed by atoms with van der Waals surface area (Å²) in [6.07, 6.45) is -19.6. The Hall–Kier alpha value is -0.920. The summed E-state index contributed by atoms with van der Waals surface area (Å²) in [6.45, 7) is 0.00512. The van der Waals surface area contributed by atoms with Gasteiger partial charge in [-0.2, -0.15) is 17.6 Å². The Labute approximate surface area is 108 Å². The molecule has 2 atom stereocenters. The van der Waals surface area contributed by atoms with Gasteiger partial charge in [-0.05, 0) is 0 Å². The standard InChI is InChI=1S/C4H4F6O.C3H2F6O/c1-3(7,2(5)6)11-4(8,9)10;4-1(5)2(6,10)3(7,8)9/h2H,1H3;1,10H. The second-order valence-electron chi connectivity index (χ2n) is 3.31. The molecule has 0 aromatic carbocycles. The predicted octanol–water partition coefficient (Wildman–Crippen LogP) is 3.95.